The monoisotopic (exact) mass is 576 g/mol. The van der Waals surface area contributed by atoms with Crippen LogP contribution in [0.25, 0.3) is 33.4 Å². The first-order valence-electron chi connectivity index (χ1n) is 14.6. The van der Waals surface area contributed by atoms with Gasteiger partial charge in [0.05, 0.1) is 0 Å². The number of unbranched alkanes of at least 4 members (excludes halogenated alkanes) is 1. The molecule has 0 aromatic heterocycles. The molecular weight excluding hydrogens is 541 g/mol. The second kappa shape index (κ2) is 11.2. The summed E-state index contributed by atoms with van der Waals surface area (Å²) in [6.07, 6.45) is 9.38. The summed E-state index contributed by atoms with van der Waals surface area (Å²) in [4.78, 5) is 15.0. The summed E-state index contributed by atoms with van der Waals surface area (Å²) in [5, 5.41) is 13.5. The van der Waals surface area contributed by atoms with Gasteiger partial charge in [-0.2, -0.15) is 0 Å². The van der Waals surface area contributed by atoms with Crippen molar-refractivity contribution in [3.8, 4) is 22.5 Å². The molecule has 0 fully saturated rings. The van der Waals surface area contributed by atoms with Gasteiger partial charge in [0.2, 0.25) is 0 Å². The molecule has 3 heterocycles. The molecule has 0 saturated carbocycles. The molecule has 0 radical (unpaired) electrons. The number of nitrogens with zero attached hydrogens (tertiary/aromatic N) is 1. The summed E-state index contributed by atoms with van der Waals surface area (Å²) in [5.41, 5.74) is 10.7. The molecule has 4 nitrogen and oxygen atoms in total. The normalized spacial score (nSPS) is 15.0. The number of rotatable bonds is 7. The number of carbonyl (C=O) groups is 1. The summed E-state index contributed by atoms with van der Waals surface area (Å²) in [6, 6.07) is 9.97. The fourth-order valence-corrected chi connectivity index (χ4v) is 7.23. The molecule has 0 unspecified atom stereocenters. The summed E-state index contributed by atoms with van der Waals surface area (Å²) < 4.78 is 7.87. The van der Waals surface area contributed by atoms with Gasteiger partial charge in [-0.15, -0.1) is 0 Å². The number of anilines is 1. The Morgan fingerprint density at radius 1 is 1.02 bits per heavy atom. The first-order chi connectivity index (χ1) is 19.4. The Morgan fingerprint density at radius 2 is 1.85 bits per heavy atom. The number of hydrogen-bond acceptors (Lipinski definition) is 4. The van der Waals surface area contributed by atoms with E-state index < -0.39 is 5.97 Å². The van der Waals surface area contributed by atoms with Crippen molar-refractivity contribution in [2.45, 2.75) is 71.1 Å². The molecule has 40 heavy (non-hydrogen) atoms. The number of aromatic carboxylic acids is 1. The van der Waals surface area contributed by atoms with Crippen LogP contribution in [0.2, 0.25) is 0 Å². The summed E-state index contributed by atoms with van der Waals surface area (Å²) >= 11 is 5.67. The summed E-state index contributed by atoms with van der Waals surface area (Å²) in [6.45, 7) is 12.3. The SMILES string of the molecule is [CH2-]CCCc1cc2c(-c3cc(C)ccc3C(=O)[O-])c3cc4c5c(c3oc-2c(CC[CH2-])[c]1=[Ni])CCCN5CCCC4. The van der Waals surface area contributed by atoms with Gasteiger partial charge >= 0.3 is 245 Å². The fourth-order valence-electron chi connectivity index (χ4n) is 6.80. The zero-order valence-corrected chi connectivity index (χ0v) is 24.3. The van der Waals surface area contributed by atoms with Crippen molar-refractivity contribution in [3.05, 3.63) is 81.7 Å². The van der Waals surface area contributed by atoms with Gasteiger partial charge in [0.25, 0.3) is 0 Å². The fraction of sp³-hybridized carbons (Fsp3) is 0.371. The molecule has 0 atom stereocenters. The molecule has 3 aliphatic heterocycles. The van der Waals surface area contributed by atoms with Gasteiger partial charge in [0.1, 0.15) is 0 Å². The van der Waals surface area contributed by atoms with E-state index in [0.717, 1.165) is 107 Å². The van der Waals surface area contributed by atoms with Crippen LogP contribution in [0.15, 0.2) is 34.7 Å². The Hall–Kier alpha value is -2.91. The second-order valence-electron chi connectivity index (χ2n) is 11.3. The average Bonchev–Trinajstić information content (AvgIpc) is 3.15. The Bertz CT molecular complexity index is 1650. The zero-order valence-electron chi connectivity index (χ0n) is 23.3. The number of benzene rings is 3. The molecule has 2 aromatic carbocycles. The second-order valence-corrected chi connectivity index (χ2v) is 11.8. The van der Waals surface area contributed by atoms with E-state index in [1.807, 2.05) is 19.1 Å². The first-order valence-corrected chi connectivity index (χ1v) is 15.1. The van der Waals surface area contributed by atoms with Crippen LogP contribution in [0, 0.1) is 24.9 Å². The van der Waals surface area contributed by atoms with Crippen LogP contribution in [0.3, 0.4) is 0 Å². The van der Waals surface area contributed by atoms with Gasteiger partial charge in [-0.05, 0) is 0 Å². The molecule has 1 aliphatic carbocycles. The molecule has 0 spiro atoms. The third-order valence-electron chi connectivity index (χ3n) is 8.60. The number of fused-ring (bicyclic) bond motifs is 3. The van der Waals surface area contributed by atoms with Crippen molar-refractivity contribution < 1.29 is 29.4 Å². The number of carboxylic acid groups (broad SMARTS) is 1. The van der Waals surface area contributed by atoms with Crippen LogP contribution < -0.4 is 10.0 Å². The molecule has 0 amide bonds. The first kappa shape index (κ1) is 27.3. The van der Waals surface area contributed by atoms with Gasteiger partial charge < -0.3 is 0 Å². The molecule has 212 valence electrons. The predicted molar refractivity (Wildman–Crippen MR) is 156 cm³/mol. The van der Waals surface area contributed by atoms with Crippen LogP contribution in [-0.2, 0) is 40.7 Å². The topological polar surface area (TPSA) is 56.5 Å². The van der Waals surface area contributed by atoms with E-state index in [1.54, 1.807) is 6.07 Å². The van der Waals surface area contributed by atoms with E-state index in [9.17, 15) is 9.90 Å². The minimum absolute atomic E-state index is 0.202. The third-order valence-corrected chi connectivity index (χ3v) is 9.21. The summed E-state index contributed by atoms with van der Waals surface area (Å²) in [5.74, 6) is -0.393. The number of hydrogen-bond donors (Lipinski definition) is 0. The van der Waals surface area contributed by atoms with Crippen molar-refractivity contribution in [1.82, 2.24) is 0 Å². The van der Waals surface area contributed by atoms with Crippen LogP contribution in [0.1, 0.15) is 76.7 Å². The van der Waals surface area contributed by atoms with Crippen LogP contribution in [0.4, 0.5) is 5.69 Å². The van der Waals surface area contributed by atoms with E-state index in [-0.39, 0.29) is 5.56 Å². The molecule has 0 saturated heterocycles. The van der Waals surface area contributed by atoms with Gasteiger partial charge in [-0.1, -0.05) is 0 Å². The maximum atomic E-state index is 12.5. The van der Waals surface area contributed by atoms with Gasteiger partial charge in [0, 0.05) is 0 Å². The number of carboxylic acids is 1. The predicted octanol–water partition coefficient (Wildman–Crippen LogP) is 6.97. The molecule has 0 bridgehead atoms. The van der Waals surface area contributed by atoms with E-state index in [2.05, 4.69) is 30.9 Å². The summed E-state index contributed by atoms with van der Waals surface area (Å²) in [7, 11) is 0. The molecule has 5 heteroatoms. The third kappa shape index (κ3) is 4.61. The maximum absolute atomic E-state index is 12.5. The molecule has 0 N–H and O–H groups in total. The van der Waals surface area contributed by atoms with E-state index in [4.69, 9.17) is 19.4 Å². The molecular formula is C35H36NNiO3-3. The van der Waals surface area contributed by atoms with Gasteiger partial charge in [-0.25, -0.2) is 0 Å². The molecule has 2 aromatic rings. The van der Waals surface area contributed by atoms with Gasteiger partial charge in [0.15, 0.2) is 0 Å². The number of aryl methyl sites for hydroxylation is 4. The Morgan fingerprint density at radius 3 is 2.62 bits per heavy atom. The van der Waals surface area contributed by atoms with Crippen molar-refractivity contribution in [3.63, 3.8) is 0 Å². The average molecular weight is 577 g/mol. The molecule has 4 aliphatic rings. The Labute approximate surface area is 244 Å². The standard InChI is InChI=1S/C35H37NO3.Ni/c1-4-6-11-23-19-25(10-5-2)33-29(20-23)31(28-18-22(3)14-15-26(28)35(37)38)30-21-24-12-7-8-16-36-17-9-13-27(32(24)36)34(30)39-33;/h14-15,18,20-21H,1-2,4-13,16-17H2,3H3,(H,37,38);/q-2;/p-1. The Balaban J connectivity index is 1.82. The Kier molecular flexibility index (Phi) is 7.61. The molecule has 6 rings (SSSR count). The van der Waals surface area contributed by atoms with E-state index in [0.29, 0.717) is 18.4 Å². The zero-order chi connectivity index (χ0) is 28.0. The van der Waals surface area contributed by atoms with Crippen molar-refractivity contribution >= 4 is 22.6 Å². The van der Waals surface area contributed by atoms with Crippen molar-refractivity contribution in [1.29, 1.82) is 0 Å². The van der Waals surface area contributed by atoms with Crippen molar-refractivity contribution in [2.24, 2.45) is 0 Å². The van der Waals surface area contributed by atoms with E-state index in [1.165, 1.54) is 23.2 Å². The minimum atomic E-state index is -1.17. The van der Waals surface area contributed by atoms with Crippen LogP contribution in [-0.4, -0.2) is 19.1 Å². The van der Waals surface area contributed by atoms with Crippen LogP contribution in [0.5, 0.6) is 0 Å². The van der Waals surface area contributed by atoms with Gasteiger partial charge in [-0.3, -0.25) is 0 Å². The quantitative estimate of drug-likeness (QED) is 0.135. The van der Waals surface area contributed by atoms with Crippen molar-refractivity contribution in [2.75, 3.05) is 18.0 Å². The van der Waals surface area contributed by atoms with E-state index >= 15 is 0 Å². The number of carbonyl (C=O) groups excluding carboxylic acids is 1. The van der Waals surface area contributed by atoms with Crippen LogP contribution >= 0.6 is 0 Å².